The third-order valence-electron chi connectivity index (χ3n) is 3.95. The number of amides is 1. The molecule has 2 rings (SSSR count). The molecule has 1 aromatic rings. The largest absolute Gasteiger partial charge is 0.495 e. The molecule has 1 fully saturated rings. The van der Waals surface area contributed by atoms with Crippen LogP contribution in [0.4, 0.5) is 5.69 Å². The minimum absolute atomic E-state index is 0.0307. The summed E-state index contributed by atoms with van der Waals surface area (Å²) in [5.74, 6) is 0.725. The number of hydrogen-bond acceptors (Lipinski definition) is 3. The fourth-order valence-electron chi connectivity index (χ4n) is 3.02. The topological polar surface area (TPSA) is 52.0 Å². The van der Waals surface area contributed by atoms with E-state index in [0.717, 1.165) is 30.9 Å². The van der Waals surface area contributed by atoms with Crippen LogP contribution in [0.25, 0.3) is 0 Å². The van der Waals surface area contributed by atoms with E-state index in [1.165, 1.54) is 4.90 Å². The normalized spacial score (nSPS) is 24.8. The SMILES string of the molecule is COc1ccc(C)cc1NC(=O)CC[NH+]1C[C@@H](C)O[C@H](C)C1. The van der Waals surface area contributed by atoms with Crippen molar-refractivity contribution in [1.82, 2.24) is 0 Å². The Bertz CT molecular complexity index is 509. The number of aryl methyl sites for hydroxylation is 1. The maximum atomic E-state index is 12.2. The highest BCUT2D eigenvalue weighted by Gasteiger charge is 2.25. The Morgan fingerprint density at radius 1 is 1.36 bits per heavy atom. The lowest BCUT2D eigenvalue weighted by molar-refractivity contribution is -0.914. The molecular weight excluding hydrogens is 280 g/mol. The third kappa shape index (κ3) is 4.71. The summed E-state index contributed by atoms with van der Waals surface area (Å²) in [4.78, 5) is 13.6. The van der Waals surface area contributed by atoms with Crippen LogP contribution in [-0.2, 0) is 9.53 Å². The molecule has 1 amide bonds. The summed E-state index contributed by atoms with van der Waals surface area (Å²) in [6.45, 7) is 8.94. The summed E-state index contributed by atoms with van der Waals surface area (Å²) < 4.78 is 11.0. The van der Waals surface area contributed by atoms with Gasteiger partial charge in [-0.05, 0) is 38.5 Å². The minimum Gasteiger partial charge on any atom is -0.495 e. The van der Waals surface area contributed by atoms with Gasteiger partial charge >= 0.3 is 0 Å². The summed E-state index contributed by atoms with van der Waals surface area (Å²) in [6.07, 6.45) is 1.03. The average molecular weight is 307 g/mol. The van der Waals surface area contributed by atoms with Crippen LogP contribution in [-0.4, -0.2) is 44.9 Å². The van der Waals surface area contributed by atoms with Gasteiger partial charge in [0.1, 0.15) is 31.0 Å². The highest BCUT2D eigenvalue weighted by atomic mass is 16.5. The molecule has 1 aromatic carbocycles. The van der Waals surface area contributed by atoms with Crippen molar-refractivity contribution in [2.24, 2.45) is 0 Å². The van der Waals surface area contributed by atoms with Crippen LogP contribution in [0.15, 0.2) is 18.2 Å². The van der Waals surface area contributed by atoms with Gasteiger partial charge in [0.25, 0.3) is 0 Å². The fraction of sp³-hybridized carbons (Fsp3) is 0.588. The van der Waals surface area contributed by atoms with E-state index in [1.54, 1.807) is 7.11 Å². The van der Waals surface area contributed by atoms with Crippen molar-refractivity contribution in [2.45, 2.75) is 39.4 Å². The lowest BCUT2D eigenvalue weighted by atomic mass is 10.2. The number of methoxy groups -OCH3 is 1. The zero-order chi connectivity index (χ0) is 16.1. The van der Waals surface area contributed by atoms with Gasteiger partial charge in [0.15, 0.2) is 0 Å². The summed E-state index contributed by atoms with van der Waals surface area (Å²) in [5, 5.41) is 2.96. The van der Waals surface area contributed by atoms with Gasteiger partial charge in [-0.25, -0.2) is 0 Å². The second-order valence-corrected chi connectivity index (χ2v) is 6.17. The van der Waals surface area contributed by atoms with E-state index in [1.807, 2.05) is 25.1 Å². The molecule has 0 spiro atoms. The molecular formula is C17H27N2O3+. The third-order valence-corrected chi connectivity index (χ3v) is 3.95. The van der Waals surface area contributed by atoms with Crippen molar-refractivity contribution in [3.05, 3.63) is 23.8 Å². The van der Waals surface area contributed by atoms with E-state index < -0.39 is 0 Å². The maximum Gasteiger partial charge on any atom is 0.230 e. The van der Waals surface area contributed by atoms with E-state index in [4.69, 9.17) is 9.47 Å². The molecule has 1 aliphatic rings. The second kappa shape index (κ2) is 7.61. The van der Waals surface area contributed by atoms with Crippen LogP contribution < -0.4 is 15.0 Å². The number of nitrogens with one attached hydrogen (secondary N) is 2. The van der Waals surface area contributed by atoms with Gasteiger partial charge in [-0.1, -0.05) is 6.07 Å². The number of benzene rings is 1. The number of carbonyl (C=O) groups is 1. The summed E-state index contributed by atoms with van der Waals surface area (Å²) in [5.41, 5.74) is 1.84. The molecule has 0 radical (unpaired) electrons. The predicted octanol–water partition coefficient (Wildman–Crippen LogP) is 1.02. The first-order valence-electron chi connectivity index (χ1n) is 7.91. The Labute approximate surface area is 132 Å². The molecule has 0 aliphatic carbocycles. The fourth-order valence-corrected chi connectivity index (χ4v) is 3.02. The lowest BCUT2D eigenvalue weighted by Crippen LogP contribution is -3.15. The number of ether oxygens (including phenoxy) is 2. The lowest BCUT2D eigenvalue weighted by Gasteiger charge is -2.32. The molecule has 0 bridgehead atoms. The first-order chi connectivity index (χ1) is 10.5. The van der Waals surface area contributed by atoms with Gasteiger partial charge in [0, 0.05) is 0 Å². The predicted molar refractivity (Wildman–Crippen MR) is 86.6 cm³/mol. The van der Waals surface area contributed by atoms with Crippen LogP contribution in [0.1, 0.15) is 25.8 Å². The zero-order valence-corrected chi connectivity index (χ0v) is 13.9. The molecule has 0 aromatic heterocycles. The Morgan fingerprint density at radius 2 is 2.05 bits per heavy atom. The molecule has 0 saturated carbocycles. The number of morpholine rings is 1. The molecule has 5 nitrogen and oxygen atoms in total. The number of rotatable bonds is 5. The van der Waals surface area contributed by atoms with E-state index >= 15 is 0 Å². The van der Waals surface area contributed by atoms with Crippen LogP contribution >= 0.6 is 0 Å². The van der Waals surface area contributed by atoms with Crippen LogP contribution in [0.5, 0.6) is 5.75 Å². The number of quaternary nitrogens is 1. The van der Waals surface area contributed by atoms with E-state index in [9.17, 15) is 4.79 Å². The maximum absolute atomic E-state index is 12.2. The first-order valence-corrected chi connectivity index (χ1v) is 7.91. The molecule has 22 heavy (non-hydrogen) atoms. The van der Waals surface area contributed by atoms with Gasteiger partial charge in [-0.15, -0.1) is 0 Å². The van der Waals surface area contributed by atoms with Crippen molar-refractivity contribution >= 4 is 11.6 Å². The van der Waals surface area contributed by atoms with Crippen molar-refractivity contribution < 1.29 is 19.2 Å². The molecule has 0 unspecified atom stereocenters. The van der Waals surface area contributed by atoms with Crippen molar-refractivity contribution in [3.63, 3.8) is 0 Å². The Balaban J connectivity index is 1.87. The quantitative estimate of drug-likeness (QED) is 0.854. The molecule has 1 aliphatic heterocycles. The smallest absolute Gasteiger partial charge is 0.230 e. The van der Waals surface area contributed by atoms with Gasteiger partial charge in [0.05, 0.1) is 25.8 Å². The molecule has 2 N–H and O–H groups in total. The van der Waals surface area contributed by atoms with Crippen LogP contribution in [0.2, 0.25) is 0 Å². The van der Waals surface area contributed by atoms with Gasteiger partial charge in [-0.3, -0.25) is 4.79 Å². The van der Waals surface area contributed by atoms with Gasteiger partial charge in [0.2, 0.25) is 5.91 Å². The summed E-state index contributed by atoms with van der Waals surface area (Å²) in [6, 6.07) is 5.78. The van der Waals surface area contributed by atoms with Crippen molar-refractivity contribution in [1.29, 1.82) is 0 Å². The Morgan fingerprint density at radius 3 is 2.68 bits per heavy atom. The monoisotopic (exact) mass is 307 g/mol. The van der Waals surface area contributed by atoms with Gasteiger partial charge < -0.3 is 19.7 Å². The second-order valence-electron chi connectivity index (χ2n) is 6.17. The highest BCUT2D eigenvalue weighted by molar-refractivity contribution is 5.92. The van der Waals surface area contributed by atoms with Crippen LogP contribution in [0.3, 0.4) is 0 Å². The minimum atomic E-state index is 0.0307. The highest BCUT2D eigenvalue weighted by Crippen LogP contribution is 2.25. The zero-order valence-electron chi connectivity index (χ0n) is 13.9. The Hall–Kier alpha value is -1.59. The van der Waals surface area contributed by atoms with E-state index in [-0.39, 0.29) is 18.1 Å². The van der Waals surface area contributed by atoms with Gasteiger partial charge in [-0.2, -0.15) is 0 Å². The summed E-state index contributed by atoms with van der Waals surface area (Å²) >= 11 is 0. The molecule has 5 heteroatoms. The summed E-state index contributed by atoms with van der Waals surface area (Å²) in [7, 11) is 1.61. The number of carbonyl (C=O) groups excluding carboxylic acids is 1. The standard InChI is InChI=1S/C17H26N2O3/c1-12-5-6-16(21-4)15(9-12)18-17(20)7-8-19-10-13(2)22-14(3)11-19/h5-6,9,13-14H,7-8,10-11H2,1-4H3,(H,18,20)/p+1/t13-,14-/m1/s1. The van der Waals surface area contributed by atoms with E-state index in [0.29, 0.717) is 12.2 Å². The van der Waals surface area contributed by atoms with Crippen molar-refractivity contribution in [2.75, 3.05) is 32.1 Å². The van der Waals surface area contributed by atoms with E-state index in [2.05, 4.69) is 19.2 Å². The van der Waals surface area contributed by atoms with Crippen LogP contribution in [0, 0.1) is 6.92 Å². The number of anilines is 1. The molecule has 1 heterocycles. The molecule has 1 saturated heterocycles. The molecule has 2 atom stereocenters. The average Bonchev–Trinajstić information content (AvgIpc) is 2.44. The number of hydrogen-bond donors (Lipinski definition) is 2. The Kier molecular flexibility index (Phi) is 5.80. The molecule has 122 valence electrons. The van der Waals surface area contributed by atoms with Crippen molar-refractivity contribution in [3.8, 4) is 5.75 Å². The first kappa shape index (κ1) is 16.8.